The first kappa shape index (κ1) is 28.9. The van der Waals surface area contributed by atoms with Gasteiger partial charge in [-0.2, -0.15) is 0 Å². The summed E-state index contributed by atoms with van der Waals surface area (Å²) >= 11 is 0. The quantitative estimate of drug-likeness (QED) is 0.172. The highest BCUT2D eigenvalue weighted by atomic mass is 16.2. The smallest absolute Gasteiger partial charge is 0.318 e. The lowest BCUT2D eigenvalue weighted by molar-refractivity contribution is -0.337. The Labute approximate surface area is 301 Å². The Morgan fingerprint density at radius 3 is 1.81 bits per heavy atom. The zero-order valence-electron chi connectivity index (χ0n) is 28.2. The van der Waals surface area contributed by atoms with Crippen molar-refractivity contribution in [2.45, 2.75) is 6.04 Å². The maximum Gasteiger partial charge on any atom is 0.426 e. The van der Waals surface area contributed by atoms with Crippen LogP contribution < -0.4 is 0 Å². The summed E-state index contributed by atoms with van der Waals surface area (Å²) in [6.45, 7) is 0. The van der Waals surface area contributed by atoms with Crippen molar-refractivity contribution >= 4 is 44.7 Å². The summed E-state index contributed by atoms with van der Waals surface area (Å²) in [7, 11) is 0. The minimum Gasteiger partial charge on any atom is -0.318 e. The highest BCUT2D eigenvalue weighted by Gasteiger charge is 2.46. The van der Waals surface area contributed by atoms with Gasteiger partial charge in [-0.25, -0.2) is 4.79 Å². The number of fused-ring (bicyclic) bond motifs is 7. The molecule has 0 saturated heterocycles. The van der Waals surface area contributed by atoms with E-state index in [2.05, 4.69) is 162 Å². The molecular formula is C49H31N2O+. The van der Waals surface area contributed by atoms with Gasteiger partial charge >= 0.3 is 5.91 Å². The molecule has 1 unspecified atom stereocenters. The Bertz CT molecular complexity index is 2910. The molecule has 11 rings (SSSR count). The van der Waals surface area contributed by atoms with Crippen LogP contribution in [0, 0.1) is 0 Å². The molecule has 0 spiro atoms. The van der Waals surface area contributed by atoms with Gasteiger partial charge in [-0.3, -0.25) is 0 Å². The van der Waals surface area contributed by atoms with Crippen molar-refractivity contribution in [1.29, 1.82) is 0 Å². The van der Waals surface area contributed by atoms with Gasteiger partial charge < -0.3 is 4.57 Å². The van der Waals surface area contributed by atoms with Gasteiger partial charge in [0.1, 0.15) is 11.6 Å². The maximum atomic E-state index is 14.7. The average molecular weight is 664 g/mol. The van der Waals surface area contributed by atoms with E-state index in [0.717, 1.165) is 55.6 Å². The molecule has 1 aromatic heterocycles. The lowest BCUT2D eigenvalue weighted by Crippen LogP contribution is -2.36. The summed E-state index contributed by atoms with van der Waals surface area (Å²) in [6, 6.07) is 57.7. The number of aromatic nitrogens is 1. The van der Waals surface area contributed by atoms with E-state index in [1.54, 1.807) is 0 Å². The predicted octanol–water partition coefficient (Wildman–Crippen LogP) is 11.9. The number of amides is 1. The van der Waals surface area contributed by atoms with Crippen molar-refractivity contribution in [3.8, 4) is 44.5 Å². The maximum absolute atomic E-state index is 14.7. The predicted molar refractivity (Wildman–Crippen MR) is 213 cm³/mol. The summed E-state index contributed by atoms with van der Waals surface area (Å²) in [5.74, 6) is 0.0226. The molecule has 0 N–H and O–H groups in total. The van der Waals surface area contributed by atoms with Crippen LogP contribution in [-0.4, -0.2) is 20.8 Å². The van der Waals surface area contributed by atoms with E-state index < -0.39 is 0 Å². The second-order valence-corrected chi connectivity index (χ2v) is 13.9. The number of carbonyl (C=O) groups excluding carboxylic acids is 1. The molecule has 1 atom stereocenters. The van der Waals surface area contributed by atoms with E-state index in [0.29, 0.717) is 0 Å². The summed E-state index contributed by atoms with van der Waals surface area (Å²) in [4.78, 5) is 14.7. The first-order valence-corrected chi connectivity index (χ1v) is 17.8. The first-order chi connectivity index (χ1) is 25.7. The van der Waals surface area contributed by atoms with Gasteiger partial charge in [0.2, 0.25) is 11.4 Å². The summed E-state index contributed by atoms with van der Waals surface area (Å²) in [5, 5.41) is 2.34. The van der Waals surface area contributed by atoms with E-state index in [1.807, 2.05) is 28.8 Å². The van der Waals surface area contributed by atoms with Crippen LogP contribution in [-0.2, 0) is 0 Å². The monoisotopic (exact) mass is 663 g/mol. The van der Waals surface area contributed by atoms with Crippen LogP contribution in [0.5, 0.6) is 0 Å². The van der Waals surface area contributed by atoms with Crippen molar-refractivity contribution in [3.63, 3.8) is 0 Å². The zero-order valence-corrected chi connectivity index (χ0v) is 28.2. The molecule has 0 saturated carbocycles. The van der Waals surface area contributed by atoms with Crippen LogP contribution in [0.4, 0.5) is 5.69 Å². The molecule has 3 heterocycles. The lowest BCUT2D eigenvalue weighted by Gasteiger charge is -2.28. The summed E-state index contributed by atoms with van der Waals surface area (Å²) < 4.78 is 4.48. The molecule has 8 aromatic rings. The second-order valence-electron chi connectivity index (χ2n) is 13.9. The van der Waals surface area contributed by atoms with Crippen molar-refractivity contribution in [3.05, 3.63) is 193 Å². The summed E-state index contributed by atoms with van der Waals surface area (Å²) in [6.07, 6.45) is 6.75. The molecule has 0 radical (unpaired) electrons. The Morgan fingerprint density at radius 2 is 1.08 bits per heavy atom. The number of nitrogens with zero attached hydrogens (tertiary/aromatic N) is 2. The third-order valence-electron chi connectivity index (χ3n) is 11.0. The molecule has 3 aliphatic rings. The van der Waals surface area contributed by atoms with Crippen LogP contribution in [0.3, 0.4) is 0 Å². The van der Waals surface area contributed by atoms with Gasteiger partial charge in [0.05, 0.1) is 16.6 Å². The minimum absolute atomic E-state index is 0.0226. The van der Waals surface area contributed by atoms with Crippen molar-refractivity contribution in [2.75, 3.05) is 0 Å². The Hall–Kier alpha value is -6.84. The molecule has 1 amide bonds. The fourth-order valence-electron chi connectivity index (χ4n) is 8.61. The van der Waals surface area contributed by atoms with Crippen LogP contribution in [0.1, 0.15) is 22.0 Å². The molecular weight excluding hydrogens is 633 g/mol. The molecule has 3 nitrogen and oxygen atoms in total. The SMILES string of the molecule is O=C1c2ccccc2-c2ccc3c4cc(-c5cccc(-c6ccccc6)c5)ccc4n4c3c2[N+]1=C1C=C(c2cccc(-c3ccccc3)c2)C=CC14. The van der Waals surface area contributed by atoms with Gasteiger partial charge in [-0.15, -0.1) is 4.58 Å². The van der Waals surface area contributed by atoms with Gasteiger partial charge in [0, 0.05) is 22.4 Å². The number of hydrogen-bond acceptors (Lipinski definition) is 1. The fourth-order valence-corrected chi connectivity index (χ4v) is 8.61. The Balaban J connectivity index is 1.13. The number of carbonyl (C=O) groups is 1. The number of benzene rings is 7. The van der Waals surface area contributed by atoms with E-state index in [4.69, 9.17) is 0 Å². The minimum atomic E-state index is -0.148. The fraction of sp³-hybridized carbons (Fsp3) is 0.0204. The molecule has 0 bridgehead atoms. The molecule has 1 aliphatic carbocycles. The van der Waals surface area contributed by atoms with E-state index in [1.165, 1.54) is 38.8 Å². The van der Waals surface area contributed by atoms with Crippen LogP contribution in [0.25, 0.3) is 71.9 Å². The third-order valence-corrected chi connectivity index (χ3v) is 11.0. The topological polar surface area (TPSA) is 25.0 Å². The molecule has 7 aromatic carbocycles. The average Bonchev–Trinajstić information content (AvgIpc) is 3.56. The Kier molecular flexibility index (Phi) is 6.17. The number of rotatable bonds is 4. The van der Waals surface area contributed by atoms with Gasteiger partial charge in [0.15, 0.2) is 0 Å². The normalized spacial score (nSPS) is 15.5. The summed E-state index contributed by atoms with van der Waals surface area (Å²) in [5.41, 5.74) is 16.3. The van der Waals surface area contributed by atoms with Crippen molar-refractivity contribution in [2.24, 2.45) is 0 Å². The largest absolute Gasteiger partial charge is 0.426 e. The first-order valence-electron chi connectivity index (χ1n) is 17.8. The van der Waals surface area contributed by atoms with Gasteiger partial charge in [-0.1, -0.05) is 140 Å². The highest BCUT2D eigenvalue weighted by Crippen LogP contribution is 2.50. The van der Waals surface area contributed by atoms with Gasteiger partial charge in [0.25, 0.3) is 0 Å². The van der Waals surface area contributed by atoms with Crippen LogP contribution >= 0.6 is 0 Å². The van der Waals surface area contributed by atoms with Gasteiger partial charge in [-0.05, 0) is 80.9 Å². The molecule has 0 fully saturated rings. The molecule has 52 heavy (non-hydrogen) atoms. The zero-order chi connectivity index (χ0) is 34.3. The van der Waals surface area contributed by atoms with Crippen LogP contribution in [0.15, 0.2) is 182 Å². The lowest BCUT2D eigenvalue weighted by atomic mass is 9.88. The van der Waals surface area contributed by atoms with E-state index in [9.17, 15) is 4.79 Å². The van der Waals surface area contributed by atoms with E-state index >= 15 is 0 Å². The van der Waals surface area contributed by atoms with Crippen molar-refractivity contribution < 1.29 is 9.37 Å². The standard InChI is InChI=1S/C49H31N2O/c52-49-42-20-8-7-19-39(42)40-23-24-41-43-29-37(35-17-9-15-33(27-35)31-11-3-1-4-12-31)21-25-44(43)50-45-26-22-38(30-46(45)51(49)48(40)47(41)50)36-18-10-16-34(28-36)32-13-5-2-6-14-32/h1-30,45H/q+1. The number of hydrogen-bond donors (Lipinski definition) is 0. The highest BCUT2D eigenvalue weighted by molar-refractivity contribution is 6.22. The Morgan fingerprint density at radius 1 is 0.481 bits per heavy atom. The number of allylic oxidation sites excluding steroid dienone is 4. The molecule has 242 valence electrons. The van der Waals surface area contributed by atoms with Crippen molar-refractivity contribution in [1.82, 2.24) is 4.57 Å². The van der Waals surface area contributed by atoms with Crippen LogP contribution in [0.2, 0.25) is 0 Å². The molecule has 3 heteroatoms. The molecule has 2 aliphatic heterocycles. The third kappa shape index (κ3) is 4.20. The van der Waals surface area contributed by atoms with E-state index in [-0.39, 0.29) is 11.9 Å². The second kappa shape index (κ2) is 11.1.